The zero-order valence-corrected chi connectivity index (χ0v) is 11.9. The molecule has 1 aromatic rings. The molecule has 0 aliphatic rings. The van der Waals surface area contributed by atoms with Crippen molar-refractivity contribution in [3.63, 3.8) is 0 Å². The molecule has 19 heavy (non-hydrogen) atoms. The van der Waals surface area contributed by atoms with Gasteiger partial charge in [0.25, 0.3) is 5.69 Å². The molecule has 0 aromatic heterocycles. The van der Waals surface area contributed by atoms with Crippen LogP contribution in [0.15, 0.2) is 16.6 Å². The van der Waals surface area contributed by atoms with Crippen LogP contribution in [-0.2, 0) is 4.74 Å². The number of hydrogen-bond acceptors (Lipinski definition) is 6. The van der Waals surface area contributed by atoms with Crippen LogP contribution in [-0.4, -0.2) is 35.8 Å². The Balaban J connectivity index is 3.31. The van der Waals surface area contributed by atoms with Gasteiger partial charge in [-0.25, -0.2) is 4.79 Å². The van der Waals surface area contributed by atoms with Gasteiger partial charge in [-0.05, 0) is 28.9 Å². The number of nitrogens with zero attached hydrogens (tertiary/aromatic N) is 1. The second-order valence-electron chi connectivity index (χ2n) is 3.83. The molecular weight excluding hydrogens is 320 g/mol. The number of nitro groups is 1. The minimum absolute atomic E-state index is 0.0725. The number of carbonyl (C=O) groups is 1. The molecule has 1 aromatic carbocycles. The van der Waals surface area contributed by atoms with E-state index >= 15 is 0 Å². The first kappa shape index (κ1) is 15.4. The van der Waals surface area contributed by atoms with E-state index in [1.54, 1.807) is 6.92 Å². The van der Waals surface area contributed by atoms with Crippen molar-refractivity contribution < 1.29 is 19.6 Å². The summed E-state index contributed by atoms with van der Waals surface area (Å²) >= 11 is 3.17. The minimum atomic E-state index is -0.662. The summed E-state index contributed by atoms with van der Waals surface area (Å²) in [6.45, 7) is 1.49. The molecule has 7 nitrogen and oxygen atoms in total. The smallest absolute Gasteiger partial charge is 0.338 e. The number of nitrogens with one attached hydrogen (secondary N) is 1. The molecule has 0 aliphatic carbocycles. The molecule has 1 rings (SSSR count). The predicted octanol–water partition coefficient (Wildman–Crippen LogP) is 1.94. The van der Waals surface area contributed by atoms with Crippen LogP contribution in [0.5, 0.6) is 0 Å². The van der Waals surface area contributed by atoms with Crippen molar-refractivity contribution in [2.45, 2.75) is 13.0 Å². The third kappa shape index (κ3) is 3.65. The fraction of sp³-hybridized carbons (Fsp3) is 0.364. The van der Waals surface area contributed by atoms with Gasteiger partial charge in [0.1, 0.15) is 5.69 Å². The van der Waals surface area contributed by atoms with E-state index in [9.17, 15) is 14.9 Å². The van der Waals surface area contributed by atoms with Gasteiger partial charge in [-0.3, -0.25) is 10.1 Å². The number of anilines is 1. The van der Waals surface area contributed by atoms with Crippen molar-refractivity contribution in [2.24, 2.45) is 0 Å². The first-order valence-corrected chi connectivity index (χ1v) is 6.13. The summed E-state index contributed by atoms with van der Waals surface area (Å²) in [5.74, 6) is -0.662. The first-order valence-electron chi connectivity index (χ1n) is 5.34. The van der Waals surface area contributed by atoms with Crippen LogP contribution < -0.4 is 5.32 Å². The summed E-state index contributed by atoms with van der Waals surface area (Å²) < 4.78 is 4.87. The molecule has 1 atom stereocenters. The highest BCUT2D eigenvalue weighted by atomic mass is 79.9. The Morgan fingerprint density at radius 1 is 1.63 bits per heavy atom. The summed E-state index contributed by atoms with van der Waals surface area (Å²) in [4.78, 5) is 21.8. The topological polar surface area (TPSA) is 102 Å². The molecule has 0 saturated carbocycles. The molecule has 2 N–H and O–H groups in total. The number of nitro benzene ring substituents is 1. The zero-order chi connectivity index (χ0) is 14.6. The van der Waals surface area contributed by atoms with E-state index in [0.29, 0.717) is 4.47 Å². The maximum Gasteiger partial charge on any atom is 0.338 e. The number of rotatable bonds is 5. The molecule has 0 unspecified atom stereocenters. The largest absolute Gasteiger partial charge is 0.465 e. The molecule has 8 heteroatoms. The molecule has 0 bridgehead atoms. The molecule has 0 aliphatic heterocycles. The highest BCUT2D eigenvalue weighted by Crippen LogP contribution is 2.34. The third-order valence-corrected chi connectivity index (χ3v) is 2.98. The lowest BCUT2D eigenvalue weighted by Gasteiger charge is -2.14. The Kier molecular flexibility index (Phi) is 5.25. The molecule has 0 saturated heterocycles. The van der Waals surface area contributed by atoms with Crippen LogP contribution >= 0.6 is 15.9 Å². The monoisotopic (exact) mass is 332 g/mol. The Labute approximate surface area is 117 Å². The quantitative estimate of drug-likeness (QED) is 0.485. The van der Waals surface area contributed by atoms with E-state index in [0.717, 1.165) is 6.07 Å². The molecule has 0 fully saturated rings. The molecule has 0 spiro atoms. The van der Waals surface area contributed by atoms with Gasteiger partial charge in [0, 0.05) is 16.6 Å². The van der Waals surface area contributed by atoms with Gasteiger partial charge in [0.2, 0.25) is 0 Å². The highest BCUT2D eigenvalue weighted by Gasteiger charge is 2.22. The van der Waals surface area contributed by atoms with Crippen molar-refractivity contribution in [3.8, 4) is 0 Å². The maximum absolute atomic E-state index is 11.4. The number of methoxy groups -OCH3 is 1. The van der Waals surface area contributed by atoms with Crippen molar-refractivity contribution in [1.29, 1.82) is 0 Å². The van der Waals surface area contributed by atoms with Gasteiger partial charge in [-0.15, -0.1) is 0 Å². The van der Waals surface area contributed by atoms with E-state index < -0.39 is 10.9 Å². The molecule has 104 valence electrons. The van der Waals surface area contributed by atoms with Gasteiger partial charge in [0.15, 0.2) is 0 Å². The highest BCUT2D eigenvalue weighted by molar-refractivity contribution is 9.10. The van der Waals surface area contributed by atoms with Gasteiger partial charge in [-0.2, -0.15) is 0 Å². The van der Waals surface area contributed by atoms with Crippen molar-refractivity contribution in [2.75, 3.05) is 19.0 Å². The summed E-state index contributed by atoms with van der Waals surface area (Å²) in [5.41, 5.74) is 0.0116. The van der Waals surface area contributed by atoms with E-state index in [4.69, 9.17) is 5.11 Å². The van der Waals surface area contributed by atoms with Gasteiger partial charge >= 0.3 is 5.97 Å². The summed E-state index contributed by atoms with van der Waals surface area (Å²) in [6.07, 6.45) is 0. The zero-order valence-electron chi connectivity index (χ0n) is 10.3. The number of benzene rings is 1. The number of esters is 1. The van der Waals surface area contributed by atoms with E-state index in [1.165, 1.54) is 13.2 Å². The number of ether oxygens (including phenoxy) is 1. The fourth-order valence-corrected chi connectivity index (χ4v) is 1.97. The fourth-order valence-electron chi connectivity index (χ4n) is 1.41. The van der Waals surface area contributed by atoms with Gasteiger partial charge in [-0.1, -0.05) is 0 Å². The van der Waals surface area contributed by atoms with Crippen LogP contribution in [0.25, 0.3) is 0 Å². The SMILES string of the molecule is COC(=O)c1cc(Br)c(N[C@H](C)CO)c([N+](=O)[O-])c1. The number of halogens is 1. The van der Waals surface area contributed by atoms with Crippen molar-refractivity contribution in [3.05, 3.63) is 32.3 Å². The molecule has 0 heterocycles. The van der Waals surface area contributed by atoms with Crippen LogP contribution in [0.1, 0.15) is 17.3 Å². The van der Waals surface area contributed by atoms with Gasteiger partial charge in [0.05, 0.1) is 24.2 Å². The summed E-state index contributed by atoms with van der Waals surface area (Å²) in [5, 5.41) is 22.8. The maximum atomic E-state index is 11.4. The Bertz CT molecular complexity index is 506. The minimum Gasteiger partial charge on any atom is -0.465 e. The molecule has 0 amide bonds. The second kappa shape index (κ2) is 6.48. The summed E-state index contributed by atoms with van der Waals surface area (Å²) in [7, 11) is 1.20. The van der Waals surface area contributed by atoms with Crippen molar-refractivity contribution >= 4 is 33.3 Å². The Morgan fingerprint density at radius 3 is 2.74 bits per heavy atom. The first-order chi connectivity index (χ1) is 8.90. The number of carbonyl (C=O) groups excluding carboxylic acids is 1. The number of aliphatic hydroxyl groups excluding tert-OH is 1. The standard InChI is InChI=1S/C11H13BrN2O5/c1-6(5-15)13-10-8(12)3-7(11(16)19-2)4-9(10)14(17)18/h3-4,6,13,15H,5H2,1-2H3/t6-/m1/s1. The third-order valence-electron chi connectivity index (χ3n) is 2.35. The van der Waals surface area contributed by atoms with E-state index in [-0.39, 0.29) is 29.6 Å². The number of hydrogen-bond donors (Lipinski definition) is 2. The van der Waals surface area contributed by atoms with Crippen LogP contribution in [0.2, 0.25) is 0 Å². The van der Waals surface area contributed by atoms with Crippen molar-refractivity contribution in [1.82, 2.24) is 0 Å². The normalized spacial score (nSPS) is 11.8. The second-order valence-corrected chi connectivity index (χ2v) is 4.68. The lowest BCUT2D eigenvalue weighted by Crippen LogP contribution is -2.20. The number of aliphatic hydroxyl groups is 1. The van der Waals surface area contributed by atoms with E-state index in [2.05, 4.69) is 26.0 Å². The molecular formula is C11H13BrN2O5. The van der Waals surface area contributed by atoms with Crippen LogP contribution in [0, 0.1) is 10.1 Å². The average Bonchev–Trinajstić information content (AvgIpc) is 2.39. The van der Waals surface area contributed by atoms with Gasteiger partial charge < -0.3 is 15.2 Å². The predicted molar refractivity (Wildman–Crippen MR) is 72.3 cm³/mol. The lowest BCUT2D eigenvalue weighted by atomic mass is 10.1. The lowest BCUT2D eigenvalue weighted by molar-refractivity contribution is -0.384. The molecule has 0 radical (unpaired) electrons. The van der Waals surface area contributed by atoms with Crippen LogP contribution in [0.3, 0.4) is 0 Å². The Morgan fingerprint density at radius 2 is 2.26 bits per heavy atom. The van der Waals surface area contributed by atoms with E-state index in [1.807, 2.05) is 0 Å². The van der Waals surface area contributed by atoms with Crippen LogP contribution in [0.4, 0.5) is 11.4 Å². The average molecular weight is 333 g/mol. The Hall–Kier alpha value is -1.67. The summed E-state index contributed by atoms with van der Waals surface area (Å²) in [6, 6.07) is 2.19.